The molecule has 0 atom stereocenters. The number of rotatable bonds is 5. The van der Waals surface area contributed by atoms with Gasteiger partial charge < -0.3 is 10.7 Å². The number of hydrogen-bond acceptors (Lipinski definition) is 4. The molecule has 1 aliphatic carbocycles. The van der Waals surface area contributed by atoms with Crippen molar-refractivity contribution >= 4 is 5.91 Å². The van der Waals surface area contributed by atoms with Crippen molar-refractivity contribution in [2.45, 2.75) is 18.9 Å². The van der Waals surface area contributed by atoms with E-state index in [4.69, 9.17) is 10.7 Å². The van der Waals surface area contributed by atoms with Gasteiger partial charge in [0.1, 0.15) is 17.2 Å². The number of primary amides is 1. The van der Waals surface area contributed by atoms with E-state index in [1.54, 1.807) is 22.8 Å². The smallest absolute Gasteiger partial charge is 0.343 e. The van der Waals surface area contributed by atoms with E-state index >= 15 is 0 Å². The molecule has 0 aliphatic heterocycles. The summed E-state index contributed by atoms with van der Waals surface area (Å²) in [5.74, 6) is 0.645. The van der Waals surface area contributed by atoms with Gasteiger partial charge in [0, 0.05) is 22.7 Å². The minimum Gasteiger partial charge on any atom is -0.366 e. The minimum atomic E-state index is -0.512. The Kier molecular flexibility index (Phi) is 3.90. The zero-order valence-electron chi connectivity index (χ0n) is 15.4. The predicted molar refractivity (Wildman–Crippen MR) is 108 cm³/mol. The van der Waals surface area contributed by atoms with Crippen molar-refractivity contribution in [3.63, 3.8) is 0 Å². The zero-order valence-corrected chi connectivity index (χ0v) is 15.4. The highest BCUT2D eigenvalue weighted by atomic mass is 16.2. The third kappa shape index (κ3) is 3.04. The number of aromatic nitrogens is 5. The number of hydrogen-bond donors (Lipinski definition) is 3. The first-order chi connectivity index (χ1) is 14.1. The van der Waals surface area contributed by atoms with Crippen LogP contribution in [0.1, 0.15) is 29.2 Å². The van der Waals surface area contributed by atoms with Crippen LogP contribution in [0.4, 0.5) is 0 Å². The van der Waals surface area contributed by atoms with E-state index in [0.29, 0.717) is 34.2 Å². The highest BCUT2D eigenvalue weighted by Crippen LogP contribution is 2.38. The van der Waals surface area contributed by atoms with Crippen molar-refractivity contribution < 1.29 is 4.79 Å². The summed E-state index contributed by atoms with van der Waals surface area (Å²) in [4.78, 5) is 32.1. The van der Waals surface area contributed by atoms with Gasteiger partial charge in [-0.25, -0.2) is 14.9 Å². The number of aromatic amines is 2. The van der Waals surface area contributed by atoms with E-state index in [1.165, 1.54) is 0 Å². The van der Waals surface area contributed by atoms with Crippen LogP contribution in [0.3, 0.4) is 0 Å². The highest BCUT2D eigenvalue weighted by molar-refractivity contribution is 5.94. The third-order valence-electron chi connectivity index (χ3n) is 5.01. The summed E-state index contributed by atoms with van der Waals surface area (Å²) in [6.07, 6.45) is 1.89. The van der Waals surface area contributed by atoms with Gasteiger partial charge in [-0.3, -0.25) is 9.36 Å². The van der Waals surface area contributed by atoms with E-state index in [9.17, 15) is 9.59 Å². The fraction of sp³-hybridized carbons (Fsp3) is 0.143. The first-order valence-corrected chi connectivity index (χ1v) is 9.35. The van der Waals surface area contributed by atoms with Crippen LogP contribution in [0.15, 0.2) is 59.4 Å². The van der Waals surface area contributed by atoms with E-state index in [2.05, 4.69) is 15.2 Å². The molecule has 1 amide bonds. The molecule has 0 bridgehead atoms. The molecular formula is C21H18N6O2. The molecule has 29 heavy (non-hydrogen) atoms. The van der Waals surface area contributed by atoms with E-state index in [0.717, 1.165) is 18.4 Å². The molecule has 1 aliphatic rings. The topological polar surface area (TPSA) is 122 Å². The summed E-state index contributed by atoms with van der Waals surface area (Å²) in [6, 6.07) is 16.8. The Balaban J connectivity index is 1.73. The maximum absolute atomic E-state index is 12.3. The number of nitrogens with two attached hydrogens (primary N) is 1. The molecule has 8 nitrogen and oxygen atoms in total. The lowest BCUT2D eigenvalue weighted by molar-refractivity contribution is 0.100. The number of carbonyl (C=O) groups excluding carboxylic acids is 1. The van der Waals surface area contributed by atoms with Crippen LogP contribution in [0, 0.1) is 0 Å². The molecule has 4 N–H and O–H groups in total. The quantitative estimate of drug-likeness (QED) is 0.488. The van der Waals surface area contributed by atoms with Crippen molar-refractivity contribution in [3.05, 3.63) is 70.6 Å². The van der Waals surface area contributed by atoms with Crippen molar-refractivity contribution in [1.82, 2.24) is 24.7 Å². The second kappa shape index (κ2) is 6.59. The third-order valence-corrected chi connectivity index (χ3v) is 5.01. The summed E-state index contributed by atoms with van der Waals surface area (Å²) < 4.78 is 1.67. The summed E-state index contributed by atoms with van der Waals surface area (Å²) in [6.45, 7) is 0. The van der Waals surface area contributed by atoms with Crippen LogP contribution in [0.25, 0.3) is 34.2 Å². The average molecular weight is 386 g/mol. The number of nitrogens with zero attached hydrogens (tertiary/aromatic N) is 3. The summed E-state index contributed by atoms with van der Waals surface area (Å²) in [5, 5.41) is 6.81. The normalized spacial score (nSPS) is 13.5. The number of amides is 1. The van der Waals surface area contributed by atoms with Gasteiger partial charge in [-0.05, 0) is 25.0 Å². The van der Waals surface area contributed by atoms with Crippen molar-refractivity contribution in [2.75, 3.05) is 0 Å². The fourth-order valence-electron chi connectivity index (χ4n) is 3.45. The highest BCUT2D eigenvalue weighted by Gasteiger charge is 2.31. The lowest BCUT2D eigenvalue weighted by atomic mass is 10.1. The van der Waals surface area contributed by atoms with Crippen molar-refractivity contribution in [1.29, 1.82) is 0 Å². The van der Waals surface area contributed by atoms with Crippen LogP contribution in [-0.4, -0.2) is 30.6 Å². The van der Waals surface area contributed by atoms with Crippen molar-refractivity contribution in [2.24, 2.45) is 5.73 Å². The Morgan fingerprint density at radius 3 is 2.55 bits per heavy atom. The van der Waals surface area contributed by atoms with Crippen molar-refractivity contribution in [3.8, 4) is 34.2 Å². The lowest BCUT2D eigenvalue weighted by Gasteiger charge is -2.05. The Hall–Kier alpha value is -3.94. The number of imidazole rings is 1. The largest absolute Gasteiger partial charge is 0.366 e. The van der Waals surface area contributed by atoms with Crippen LogP contribution < -0.4 is 11.4 Å². The number of H-pyrrole nitrogens is 2. The van der Waals surface area contributed by atoms with Crippen LogP contribution in [0.2, 0.25) is 0 Å². The number of nitrogens with one attached hydrogen (secondary N) is 2. The first-order valence-electron chi connectivity index (χ1n) is 9.35. The maximum Gasteiger partial charge on any atom is 0.343 e. The molecular weight excluding hydrogens is 368 g/mol. The summed E-state index contributed by atoms with van der Waals surface area (Å²) in [7, 11) is 0. The van der Waals surface area contributed by atoms with Crippen LogP contribution in [-0.2, 0) is 0 Å². The van der Waals surface area contributed by atoms with Gasteiger partial charge in [0.15, 0.2) is 5.82 Å². The Labute approximate surface area is 165 Å². The molecule has 2 heterocycles. The molecule has 5 rings (SSSR count). The monoisotopic (exact) mass is 386 g/mol. The molecule has 1 fully saturated rings. The lowest BCUT2D eigenvalue weighted by Crippen LogP contribution is -2.16. The Morgan fingerprint density at radius 2 is 1.83 bits per heavy atom. The van der Waals surface area contributed by atoms with Gasteiger partial charge in [0.25, 0.3) is 0 Å². The van der Waals surface area contributed by atoms with Gasteiger partial charge in [-0.2, -0.15) is 5.10 Å². The SMILES string of the molecule is NC(=O)c1cccc(-c2nc(-c3ccccc3)[nH]c2-c2n[nH]c(=O)n2C2CC2)c1. The molecule has 2 aromatic heterocycles. The molecule has 4 aromatic rings. The second-order valence-corrected chi connectivity index (χ2v) is 7.07. The summed E-state index contributed by atoms with van der Waals surface area (Å²) in [5.41, 5.74) is 8.44. The number of benzene rings is 2. The second-order valence-electron chi connectivity index (χ2n) is 7.07. The van der Waals surface area contributed by atoms with E-state index in [1.807, 2.05) is 36.4 Å². The molecule has 0 saturated heterocycles. The Bertz CT molecular complexity index is 1260. The molecule has 0 radical (unpaired) electrons. The predicted octanol–water partition coefficient (Wildman–Crippen LogP) is 2.73. The number of carbonyl (C=O) groups is 1. The van der Waals surface area contributed by atoms with Gasteiger partial charge in [0.05, 0.1) is 0 Å². The van der Waals surface area contributed by atoms with Gasteiger partial charge in [-0.1, -0.05) is 42.5 Å². The maximum atomic E-state index is 12.3. The van der Waals surface area contributed by atoms with Crippen LogP contribution in [0.5, 0.6) is 0 Å². The van der Waals surface area contributed by atoms with Gasteiger partial charge >= 0.3 is 5.69 Å². The molecule has 0 unspecified atom stereocenters. The molecule has 8 heteroatoms. The van der Waals surface area contributed by atoms with Gasteiger partial charge in [0.2, 0.25) is 5.91 Å². The fourth-order valence-corrected chi connectivity index (χ4v) is 3.45. The average Bonchev–Trinajstić information content (AvgIpc) is 3.36. The van der Waals surface area contributed by atoms with E-state index < -0.39 is 5.91 Å². The molecule has 1 saturated carbocycles. The molecule has 2 aromatic carbocycles. The first kappa shape index (κ1) is 17.2. The zero-order chi connectivity index (χ0) is 20.0. The van der Waals surface area contributed by atoms with Crippen LogP contribution >= 0.6 is 0 Å². The van der Waals surface area contributed by atoms with Gasteiger partial charge in [-0.15, -0.1) is 0 Å². The molecule has 144 valence electrons. The standard InChI is InChI=1S/C21H18N6O2/c22-18(28)14-8-4-7-13(11-14)16-17(20-25-26-21(29)27(20)15-9-10-15)24-19(23-16)12-5-2-1-3-6-12/h1-8,11,15H,9-10H2,(H2,22,28)(H,23,24)(H,26,29). The summed E-state index contributed by atoms with van der Waals surface area (Å²) >= 11 is 0. The molecule has 0 spiro atoms. The Morgan fingerprint density at radius 1 is 1.07 bits per heavy atom. The minimum absolute atomic E-state index is 0.143. The van der Waals surface area contributed by atoms with E-state index in [-0.39, 0.29) is 11.7 Å².